The monoisotopic (exact) mass is 161 g/mol. The molecule has 0 atom stereocenters. The highest BCUT2D eigenvalue weighted by molar-refractivity contribution is 5.48. The number of halogens is 1. The van der Waals surface area contributed by atoms with E-state index in [1.165, 1.54) is 6.08 Å². The van der Waals surface area contributed by atoms with Crippen molar-refractivity contribution < 1.29 is 4.39 Å². The SMILES string of the molecule is N#CCc1ccc(C=CF)cc1. The molecule has 0 aliphatic carbocycles. The van der Waals surface area contributed by atoms with E-state index in [2.05, 4.69) is 0 Å². The molecular formula is C10H8FN. The summed E-state index contributed by atoms with van der Waals surface area (Å²) in [6.45, 7) is 0. The first kappa shape index (κ1) is 8.48. The Bertz CT molecular complexity index is 306. The fraction of sp³-hybridized carbons (Fsp3) is 0.100. The van der Waals surface area contributed by atoms with Crippen molar-refractivity contribution in [3.8, 4) is 6.07 Å². The van der Waals surface area contributed by atoms with Gasteiger partial charge in [-0.1, -0.05) is 24.3 Å². The van der Waals surface area contributed by atoms with Crippen molar-refractivity contribution in [2.75, 3.05) is 0 Å². The van der Waals surface area contributed by atoms with Gasteiger partial charge in [0.25, 0.3) is 0 Å². The highest BCUT2D eigenvalue weighted by Crippen LogP contribution is 2.06. The molecule has 0 radical (unpaired) electrons. The first-order valence-corrected chi connectivity index (χ1v) is 3.59. The van der Waals surface area contributed by atoms with Gasteiger partial charge in [0.2, 0.25) is 0 Å². The second-order valence-corrected chi connectivity index (χ2v) is 2.37. The summed E-state index contributed by atoms with van der Waals surface area (Å²) in [6, 6.07) is 9.24. The molecule has 0 saturated carbocycles. The minimum Gasteiger partial charge on any atom is -0.216 e. The van der Waals surface area contributed by atoms with Crippen LogP contribution in [0.3, 0.4) is 0 Å². The van der Waals surface area contributed by atoms with Crippen LogP contribution in [0.15, 0.2) is 30.6 Å². The minimum absolute atomic E-state index is 0.402. The molecule has 0 amide bonds. The predicted molar refractivity (Wildman–Crippen MR) is 45.9 cm³/mol. The van der Waals surface area contributed by atoms with Crippen molar-refractivity contribution in [3.05, 3.63) is 41.7 Å². The molecule has 1 nitrogen and oxygen atoms in total. The van der Waals surface area contributed by atoms with Crippen LogP contribution in [0.25, 0.3) is 6.08 Å². The Morgan fingerprint density at radius 3 is 2.50 bits per heavy atom. The molecule has 0 N–H and O–H groups in total. The Morgan fingerprint density at radius 1 is 1.33 bits per heavy atom. The number of rotatable bonds is 2. The number of nitrogens with zero attached hydrogens (tertiary/aromatic N) is 1. The van der Waals surface area contributed by atoms with Gasteiger partial charge in [0, 0.05) is 0 Å². The normalized spacial score (nSPS) is 10.0. The average Bonchev–Trinajstić information content (AvgIpc) is 2.09. The summed E-state index contributed by atoms with van der Waals surface area (Å²) in [4.78, 5) is 0. The van der Waals surface area contributed by atoms with Crippen LogP contribution in [0, 0.1) is 11.3 Å². The van der Waals surface area contributed by atoms with Crippen molar-refractivity contribution in [1.29, 1.82) is 5.26 Å². The number of nitriles is 1. The number of hydrogen-bond donors (Lipinski definition) is 0. The van der Waals surface area contributed by atoms with Crippen LogP contribution in [-0.2, 0) is 6.42 Å². The Kier molecular flexibility index (Phi) is 3.04. The Hall–Kier alpha value is -1.62. The highest BCUT2D eigenvalue weighted by atomic mass is 19.1. The topological polar surface area (TPSA) is 23.8 Å². The molecule has 0 heterocycles. The van der Waals surface area contributed by atoms with Gasteiger partial charge in [0.05, 0.1) is 18.8 Å². The van der Waals surface area contributed by atoms with E-state index in [1.807, 2.05) is 18.2 Å². The lowest BCUT2D eigenvalue weighted by molar-refractivity contribution is 0.727. The summed E-state index contributed by atoms with van der Waals surface area (Å²) in [7, 11) is 0. The largest absolute Gasteiger partial charge is 0.216 e. The third-order valence-corrected chi connectivity index (χ3v) is 1.52. The fourth-order valence-electron chi connectivity index (χ4n) is 0.911. The maximum Gasteiger partial charge on any atom is 0.0872 e. The smallest absolute Gasteiger partial charge is 0.0872 e. The summed E-state index contributed by atoms with van der Waals surface area (Å²) < 4.78 is 11.7. The van der Waals surface area contributed by atoms with Crippen LogP contribution < -0.4 is 0 Å². The van der Waals surface area contributed by atoms with Gasteiger partial charge in [0.15, 0.2) is 0 Å². The first-order valence-electron chi connectivity index (χ1n) is 3.59. The van der Waals surface area contributed by atoms with Crippen LogP contribution in [-0.4, -0.2) is 0 Å². The van der Waals surface area contributed by atoms with Gasteiger partial charge in [-0.25, -0.2) is 4.39 Å². The molecule has 0 spiro atoms. The standard InChI is InChI=1S/C10H8FN/c11-7-5-9-1-3-10(4-2-9)6-8-12/h1-5,7H,6H2. The molecule has 0 unspecified atom stereocenters. The van der Waals surface area contributed by atoms with Gasteiger partial charge < -0.3 is 0 Å². The molecule has 12 heavy (non-hydrogen) atoms. The van der Waals surface area contributed by atoms with E-state index in [1.54, 1.807) is 12.1 Å². The van der Waals surface area contributed by atoms with E-state index in [4.69, 9.17) is 5.26 Å². The number of hydrogen-bond acceptors (Lipinski definition) is 1. The molecule has 60 valence electrons. The molecule has 0 aromatic heterocycles. The molecular weight excluding hydrogens is 153 g/mol. The molecule has 0 saturated heterocycles. The van der Waals surface area contributed by atoms with Gasteiger partial charge in [-0.05, 0) is 17.2 Å². The maximum atomic E-state index is 11.7. The molecule has 2 heteroatoms. The van der Waals surface area contributed by atoms with E-state index in [9.17, 15) is 4.39 Å². The van der Waals surface area contributed by atoms with E-state index >= 15 is 0 Å². The van der Waals surface area contributed by atoms with Gasteiger partial charge >= 0.3 is 0 Å². The van der Waals surface area contributed by atoms with E-state index < -0.39 is 0 Å². The summed E-state index contributed by atoms with van der Waals surface area (Å²) in [5.74, 6) is 0. The quantitative estimate of drug-likeness (QED) is 0.654. The molecule has 1 aromatic carbocycles. The van der Waals surface area contributed by atoms with Crippen LogP contribution in [0.1, 0.15) is 11.1 Å². The number of benzene rings is 1. The van der Waals surface area contributed by atoms with Crippen molar-refractivity contribution in [1.82, 2.24) is 0 Å². The second-order valence-electron chi connectivity index (χ2n) is 2.37. The zero-order valence-corrected chi connectivity index (χ0v) is 6.50. The minimum atomic E-state index is 0.402. The zero-order chi connectivity index (χ0) is 8.81. The predicted octanol–water partition coefficient (Wildman–Crippen LogP) is 2.69. The van der Waals surface area contributed by atoms with Gasteiger partial charge in [-0.2, -0.15) is 5.26 Å². The van der Waals surface area contributed by atoms with Crippen molar-refractivity contribution in [2.24, 2.45) is 0 Å². The molecule has 0 bridgehead atoms. The van der Waals surface area contributed by atoms with E-state index in [0.717, 1.165) is 11.1 Å². The molecule has 1 aromatic rings. The van der Waals surface area contributed by atoms with Crippen LogP contribution in [0.5, 0.6) is 0 Å². The summed E-state index contributed by atoms with van der Waals surface area (Å²) >= 11 is 0. The zero-order valence-electron chi connectivity index (χ0n) is 6.50. The second kappa shape index (κ2) is 4.30. The first-order chi connectivity index (χ1) is 5.86. The summed E-state index contributed by atoms with van der Waals surface area (Å²) in [5, 5.41) is 8.37. The lowest BCUT2D eigenvalue weighted by Crippen LogP contribution is -1.80. The van der Waals surface area contributed by atoms with Crippen LogP contribution >= 0.6 is 0 Å². The van der Waals surface area contributed by atoms with E-state index in [-0.39, 0.29) is 0 Å². The Morgan fingerprint density at radius 2 is 2.00 bits per heavy atom. The summed E-state index contributed by atoms with van der Waals surface area (Å²) in [6.07, 6.45) is 2.27. The molecule has 1 rings (SSSR count). The third kappa shape index (κ3) is 2.21. The lowest BCUT2D eigenvalue weighted by Gasteiger charge is -1.94. The molecule has 0 aliphatic heterocycles. The highest BCUT2D eigenvalue weighted by Gasteiger charge is 1.90. The lowest BCUT2D eigenvalue weighted by atomic mass is 10.1. The van der Waals surface area contributed by atoms with Crippen molar-refractivity contribution in [2.45, 2.75) is 6.42 Å². The Balaban J connectivity index is 2.79. The fourth-order valence-corrected chi connectivity index (χ4v) is 0.911. The average molecular weight is 161 g/mol. The Labute approximate surface area is 70.8 Å². The van der Waals surface area contributed by atoms with Crippen LogP contribution in [0.4, 0.5) is 4.39 Å². The summed E-state index contributed by atoms with van der Waals surface area (Å²) in [5.41, 5.74) is 1.76. The maximum absolute atomic E-state index is 11.7. The third-order valence-electron chi connectivity index (χ3n) is 1.52. The van der Waals surface area contributed by atoms with E-state index in [0.29, 0.717) is 12.8 Å². The van der Waals surface area contributed by atoms with Crippen LogP contribution in [0.2, 0.25) is 0 Å². The van der Waals surface area contributed by atoms with Crippen molar-refractivity contribution in [3.63, 3.8) is 0 Å². The van der Waals surface area contributed by atoms with Gasteiger partial charge in [-0.15, -0.1) is 0 Å². The molecule has 0 aliphatic rings. The van der Waals surface area contributed by atoms with Gasteiger partial charge in [-0.3, -0.25) is 0 Å². The molecule has 0 fully saturated rings. The van der Waals surface area contributed by atoms with Gasteiger partial charge in [0.1, 0.15) is 0 Å². The van der Waals surface area contributed by atoms with Crippen molar-refractivity contribution >= 4 is 6.08 Å².